The van der Waals surface area contributed by atoms with Crippen molar-refractivity contribution in [1.82, 2.24) is 9.78 Å². The van der Waals surface area contributed by atoms with Gasteiger partial charge in [-0.25, -0.2) is 0 Å². The average Bonchev–Trinajstić information content (AvgIpc) is 2.88. The molecule has 1 aromatic rings. The van der Waals surface area contributed by atoms with Gasteiger partial charge in [-0.05, 0) is 30.6 Å². The zero-order valence-electron chi connectivity index (χ0n) is 12.8. The molecule has 1 aliphatic rings. The Bertz CT molecular complexity index is 386. The number of aliphatic hydroxyl groups is 1. The summed E-state index contributed by atoms with van der Waals surface area (Å²) in [5.74, 6) is 2.62. The van der Waals surface area contributed by atoms with E-state index in [1.165, 1.54) is 32.1 Å². The van der Waals surface area contributed by atoms with Crippen molar-refractivity contribution in [2.45, 2.75) is 64.5 Å². The Labute approximate surface area is 127 Å². The largest absolute Gasteiger partial charge is 0.392 e. The Morgan fingerprint density at radius 3 is 2.75 bits per heavy atom. The number of thioether (sulfide) groups is 1. The van der Waals surface area contributed by atoms with Crippen LogP contribution in [-0.2, 0) is 6.42 Å². The molecule has 0 spiro atoms. The molecule has 114 valence electrons. The number of aromatic nitrogens is 2. The predicted molar refractivity (Wildman–Crippen MR) is 86.2 cm³/mol. The van der Waals surface area contributed by atoms with Crippen LogP contribution in [0.2, 0.25) is 0 Å². The summed E-state index contributed by atoms with van der Waals surface area (Å²) >= 11 is 1.84. The fraction of sp³-hybridized carbons (Fsp3) is 0.812. The second-order valence-electron chi connectivity index (χ2n) is 6.37. The first-order valence-corrected chi connectivity index (χ1v) is 9.10. The Balaban J connectivity index is 1.76. The van der Waals surface area contributed by atoms with Crippen molar-refractivity contribution < 1.29 is 5.11 Å². The summed E-state index contributed by atoms with van der Waals surface area (Å²) in [6, 6.07) is 2.66. The minimum Gasteiger partial charge on any atom is -0.392 e. The van der Waals surface area contributed by atoms with Gasteiger partial charge in [0.1, 0.15) is 0 Å². The third kappa shape index (κ3) is 5.13. The highest BCUT2D eigenvalue weighted by Crippen LogP contribution is 2.27. The van der Waals surface area contributed by atoms with Crippen LogP contribution >= 0.6 is 11.8 Å². The first-order chi connectivity index (χ1) is 9.65. The van der Waals surface area contributed by atoms with Gasteiger partial charge in [-0.1, -0.05) is 33.1 Å². The van der Waals surface area contributed by atoms with Crippen LogP contribution in [0, 0.1) is 5.92 Å². The van der Waals surface area contributed by atoms with Crippen molar-refractivity contribution in [3.63, 3.8) is 0 Å². The molecule has 1 unspecified atom stereocenters. The standard InChI is InChI=1S/C16H28N2OS/c1-13(2)11-20-12-16(19)10-14-8-9-18(17-14)15-6-4-3-5-7-15/h8-9,13,15-16,19H,3-7,10-12H2,1-2H3. The van der Waals surface area contributed by atoms with Crippen LogP contribution in [0.5, 0.6) is 0 Å². The highest BCUT2D eigenvalue weighted by atomic mass is 32.2. The minimum absolute atomic E-state index is 0.270. The molecule has 1 saturated carbocycles. The Morgan fingerprint density at radius 2 is 2.05 bits per heavy atom. The zero-order chi connectivity index (χ0) is 14.4. The number of rotatable bonds is 7. The quantitative estimate of drug-likeness (QED) is 0.834. The summed E-state index contributed by atoms with van der Waals surface area (Å²) in [4.78, 5) is 0. The monoisotopic (exact) mass is 296 g/mol. The molecule has 4 heteroatoms. The average molecular weight is 296 g/mol. The van der Waals surface area contributed by atoms with Crippen molar-refractivity contribution in [3.8, 4) is 0 Å². The van der Waals surface area contributed by atoms with Crippen LogP contribution in [0.15, 0.2) is 12.3 Å². The van der Waals surface area contributed by atoms with Crippen molar-refractivity contribution >= 4 is 11.8 Å². The van der Waals surface area contributed by atoms with Gasteiger partial charge in [-0.3, -0.25) is 4.68 Å². The topological polar surface area (TPSA) is 38.0 Å². The first kappa shape index (κ1) is 15.9. The summed E-state index contributed by atoms with van der Waals surface area (Å²) in [7, 11) is 0. The fourth-order valence-electron chi connectivity index (χ4n) is 2.78. The lowest BCUT2D eigenvalue weighted by atomic mass is 9.96. The van der Waals surface area contributed by atoms with E-state index >= 15 is 0 Å². The normalized spacial score (nSPS) is 18.6. The van der Waals surface area contributed by atoms with E-state index in [9.17, 15) is 5.11 Å². The highest BCUT2D eigenvalue weighted by Gasteiger charge is 2.16. The summed E-state index contributed by atoms with van der Waals surface area (Å²) < 4.78 is 2.13. The van der Waals surface area contributed by atoms with Crippen LogP contribution in [0.1, 0.15) is 57.7 Å². The van der Waals surface area contributed by atoms with Crippen LogP contribution < -0.4 is 0 Å². The van der Waals surface area contributed by atoms with Gasteiger partial charge in [0, 0.05) is 18.4 Å². The van der Waals surface area contributed by atoms with Gasteiger partial charge in [-0.15, -0.1) is 0 Å². The van der Waals surface area contributed by atoms with E-state index in [4.69, 9.17) is 0 Å². The van der Waals surface area contributed by atoms with Crippen LogP contribution in [0.4, 0.5) is 0 Å². The van der Waals surface area contributed by atoms with E-state index in [0.29, 0.717) is 18.4 Å². The Kier molecular flexibility index (Phi) is 6.43. The van der Waals surface area contributed by atoms with Crippen LogP contribution in [0.25, 0.3) is 0 Å². The lowest BCUT2D eigenvalue weighted by Crippen LogP contribution is -2.16. The number of nitrogens with zero attached hydrogens (tertiary/aromatic N) is 2. The molecule has 0 aliphatic heterocycles. The molecule has 20 heavy (non-hydrogen) atoms. The number of aliphatic hydroxyl groups excluding tert-OH is 1. The van der Waals surface area contributed by atoms with Crippen LogP contribution in [0.3, 0.4) is 0 Å². The van der Waals surface area contributed by atoms with Gasteiger partial charge in [0.25, 0.3) is 0 Å². The fourth-order valence-corrected chi connectivity index (χ4v) is 3.77. The summed E-state index contributed by atoms with van der Waals surface area (Å²) in [5.41, 5.74) is 1.04. The smallest absolute Gasteiger partial charge is 0.0686 e. The maximum absolute atomic E-state index is 10.1. The Hall–Kier alpha value is -0.480. The molecule has 0 amide bonds. The lowest BCUT2D eigenvalue weighted by Gasteiger charge is -2.21. The van der Waals surface area contributed by atoms with Crippen molar-refractivity contribution in [3.05, 3.63) is 18.0 Å². The van der Waals surface area contributed by atoms with Gasteiger partial charge in [0.05, 0.1) is 17.8 Å². The van der Waals surface area contributed by atoms with Crippen molar-refractivity contribution in [2.24, 2.45) is 5.92 Å². The lowest BCUT2D eigenvalue weighted by molar-refractivity contribution is 0.198. The van der Waals surface area contributed by atoms with Gasteiger partial charge in [0.2, 0.25) is 0 Å². The molecule has 3 nitrogen and oxygen atoms in total. The van der Waals surface area contributed by atoms with E-state index < -0.39 is 0 Å². The third-order valence-electron chi connectivity index (χ3n) is 3.82. The Morgan fingerprint density at radius 1 is 1.30 bits per heavy atom. The van der Waals surface area contributed by atoms with E-state index in [1.54, 1.807) is 0 Å². The first-order valence-electron chi connectivity index (χ1n) is 7.95. The highest BCUT2D eigenvalue weighted by molar-refractivity contribution is 7.99. The minimum atomic E-state index is -0.270. The molecule has 0 radical (unpaired) electrons. The van der Waals surface area contributed by atoms with Crippen LogP contribution in [-0.4, -0.2) is 32.5 Å². The maximum atomic E-state index is 10.1. The molecule has 1 aromatic heterocycles. The van der Waals surface area contributed by atoms with E-state index in [2.05, 4.69) is 35.9 Å². The molecule has 1 atom stereocenters. The zero-order valence-corrected chi connectivity index (χ0v) is 13.6. The van der Waals surface area contributed by atoms with Gasteiger partial charge >= 0.3 is 0 Å². The van der Waals surface area contributed by atoms with E-state index in [0.717, 1.165) is 17.2 Å². The number of hydrogen-bond donors (Lipinski definition) is 1. The predicted octanol–water partition coefficient (Wildman–Crippen LogP) is 3.68. The third-order valence-corrected chi connectivity index (χ3v) is 5.34. The van der Waals surface area contributed by atoms with Crippen molar-refractivity contribution in [1.29, 1.82) is 0 Å². The molecule has 2 rings (SSSR count). The van der Waals surface area contributed by atoms with Gasteiger partial charge in [-0.2, -0.15) is 16.9 Å². The maximum Gasteiger partial charge on any atom is 0.0686 e. The number of hydrogen-bond acceptors (Lipinski definition) is 3. The molecule has 0 bridgehead atoms. The SMILES string of the molecule is CC(C)CSCC(O)Cc1ccn(C2CCCCC2)n1. The van der Waals surface area contributed by atoms with Gasteiger partial charge < -0.3 is 5.11 Å². The molecule has 1 fully saturated rings. The summed E-state index contributed by atoms with van der Waals surface area (Å²) in [5, 5.41) is 14.7. The molecular formula is C16H28N2OS. The molecule has 1 heterocycles. The molecule has 1 aliphatic carbocycles. The summed E-state index contributed by atoms with van der Waals surface area (Å²) in [6.45, 7) is 4.43. The second-order valence-corrected chi connectivity index (χ2v) is 7.44. The van der Waals surface area contributed by atoms with Crippen molar-refractivity contribution in [2.75, 3.05) is 11.5 Å². The van der Waals surface area contributed by atoms with E-state index in [-0.39, 0.29) is 6.10 Å². The van der Waals surface area contributed by atoms with E-state index in [1.807, 2.05) is 11.8 Å². The summed E-state index contributed by atoms with van der Waals surface area (Å²) in [6.07, 6.45) is 9.05. The second kappa shape index (κ2) is 8.08. The van der Waals surface area contributed by atoms with Gasteiger partial charge in [0.15, 0.2) is 0 Å². The molecule has 0 saturated heterocycles. The molecular weight excluding hydrogens is 268 g/mol. The molecule has 0 aromatic carbocycles. The molecule has 1 N–H and O–H groups in total.